The minimum atomic E-state index is 0.183. The molecular weight excluding hydrogens is 202 g/mol. The molecule has 4 heteroatoms. The van der Waals surface area contributed by atoms with Crippen LogP contribution in [0.1, 0.15) is 57.2 Å². The second-order valence-corrected chi connectivity index (χ2v) is 5.11. The van der Waals surface area contributed by atoms with E-state index in [2.05, 4.69) is 24.0 Å². The van der Waals surface area contributed by atoms with Gasteiger partial charge in [0, 0.05) is 18.4 Å². The van der Waals surface area contributed by atoms with Gasteiger partial charge in [-0.25, -0.2) is 0 Å². The summed E-state index contributed by atoms with van der Waals surface area (Å²) < 4.78 is 5.22. The molecule has 0 saturated heterocycles. The van der Waals surface area contributed by atoms with Crippen molar-refractivity contribution in [2.45, 2.75) is 57.9 Å². The molecule has 1 aliphatic carbocycles. The van der Waals surface area contributed by atoms with Crippen molar-refractivity contribution >= 4 is 0 Å². The maximum absolute atomic E-state index is 6.17. The van der Waals surface area contributed by atoms with Gasteiger partial charge in [-0.2, -0.15) is 4.98 Å². The number of nitrogens with zero attached hydrogens (tertiary/aromatic N) is 2. The summed E-state index contributed by atoms with van der Waals surface area (Å²) in [6, 6.07) is 0.183. The van der Waals surface area contributed by atoms with Gasteiger partial charge in [-0.1, -0.05) is 31.8 Å². The van der Waals surface area contributed by atoms with Crippen molar-refractivity contribution < 1.29 is 4.52 Å². The Hall–Kier alpha value is -0.900. The SMILES string of the molecule is CC(C)c1noc(CC(N)C2CCCC2)n1. The van der Waals surface area contributed by atoms with E-state index in [0.29, 0.717) is 17.7 Å². The highest BCUT2D eigenvalue weighted by molar-refractivity contribution is 4.94. The first kappa shape index (κ1) is 11.6. The molecule has 0 spiro atoms. The van der Waals surface area contributed by atoms with Gasteiger partial charge in [0.25, 0.3) is 0 Å². The molecule has 16 heavy (non-hydrogen) atoms. The summed E-state index contributed by atoms with van der Waals surface area (Å²) in [6.45, 7) is 4.12. The van der Waals surface area contributed by atoms with Gasteiger partial charge in [0.05, 0.1) is 0 Å². The molecular formula is C12H21N3O. The van der Waals surface area contributed by atoms with Gasteiger partial charge in [-0.05, 0) is 18.8 Å². The summed E-state index contributed by atoms with van der Waals surface area (Å²) in [5.74, 6) is 2.45. The van der Waals surface area contributed by atoms with Crippen LogP contribution in [0.3, 0.4) is 0 Å². The second-order valence-electron chi connectivity index (χ2n) is 5.11. The maximum atomic E-state index is 6.17. The van der Waals surface area contributed by atoms with E-state index in [-0.39, 0.29) is 6.04 Å². The summed E-state index contributed by atoms with van der Waals surface area (Å²) in [4.78, 5) is 4.36. The summed E-state index contributed by atoms with van der Waals surface area (Å²) in [7, 11) is 0. The molecule has 0 aromatic carbocycles. The van der Waals surface area contributed by atoms with Crippen molar-refractivity contribution in [3.8, 4) is 0 Å². The second kappa shape index (κ2) is 4.95. The zero-order chi connectivity index (χ0) is 11.5. The average Bonchev–Trinajstić information content (AvgIpc) is 2.87. The van der Waals surface area contributed by atoms with Crippen LogP contribution >= 0.6 is 0 Å². The molecule has 2 rings (SSSR count). The van der Waals surface area contributed by atoms with Crippen LogP contribution in [0.25, 0.3) is 0 Å². The monoisotopic (exact) mass is 223 g/mol. The Morgan fingerprint density at radius 1 is 1.38 bits per heavy atom. The highest BCUT2D eigenvalue weighted by atomic mass is 16.5. The fourth-order valence-electron chi connectivity index (χ4n) is 2.34. The molecule has 90 valence electrons. The zero-order valence-electron chi connectivity index (χ0n) is 10.1. The smallest absolute Gasteiger partial charge is 0.228 e. The molecule has 1 heterocycles. The van der Waals surface area contributed by atoms with Crippen LogP contribution in [0, 0.1) is 5.92 Å². The quantitative estimate of drug-likeness (QED) is 0.850. The van der Waals surface area contributed by atoms with Crippen LogP contribution in [-0.4, -0.2) is 16.2 Å². The number of rotatable bonds is 4. The minimum Gasteiger partial charge on any atom is -0.339 e. The molecule has 0 aliphatic heterocycles. The van der Waals surface area contributed by atoms with Crippen LogP contribution in [-0.2, 0) is 6.42 Å². The van der Waals surface area contributed by atoms with E-state index < -0.39 is 0 Å². The lowest BCUT2D eigenvalue weighted by molar-refractivity contribution is 0.338. The van der Waals surface area contributed by atoms with E-state index >= 15 is 0 Å². The van der Waals surface area contributed by atoms with Crippen molar-refractivity contribution in [1.82, 2.24) is 10.1 Å². The van der Waals surface area contributed by atoms with Gasteiger partial charge < -0.3 is 10.3 Å². The number of nitrogens with two attached hydrogens (primary N) is 1. The minimum absolute atomic E-state index is 0.183. The highest BCUT2D eigenvalue weighted by Crippen LogP contribution is 2.28. The molecule has 0 bridgehead atoms. The van der Waals surface area contributed by atoms with E-state index in [4.69, 9.17) is 10.3 Å². The van der Waals surface area contributed by atoms with Crippen molar-refractivity contribution in [3.05, 3.63) is 11.7 Å². The Labute approximate surface area is 96.6 Å². The maximum Gasteiger partial charge on any atom is 0.228 e. The Bertz CT molecular complexity index is 329. The van der Waals surface area contributed by atoms with Gasteiger partial charge in [-0.3, -0.25) is 0 Å². The lowest BCUT2D eigenvalue weighted by Crippen LogP contribution is -2.30. The molecule has 1 aromatic rings. The highest BCUT2D eigenvalue weighted by Gasteiger charge is 2.24. The molecule has 2 N–H and O–H groups in total. The Morgan fingerprint density at radius 2 is 2.06 bits per heavy atom. The van der Waals surface area contributed by atoms with Gasteiger partial charge in [0.15, 0.2) is 5.82 Å². The third-order valence-corrected chi connectivity index (χ3v) is 3.42. The molecule has 1 aliphatic rings. The van der Waals surface area contributed by atoms with Crippen LogP contribution in [0.15, 0.2) is 4.52 Å². The van der Waals surface area contributed by atoms with Crippen molar-refractivity contribution in [1.29, 1.82) is 0 Å². The molecule has 1 unspecified atom stereocenters. The fraction of sp³-hybridized carbons (Fsp3) is 0.833. The third kappa shape index (κ3) is 2.61. The van der Waals surface area contributed by atoms with E-state index in [1.165, 1.54) is 25.7 Å². The molecule has 0 radical (unpaired) electrons. The summed E-state index contributed by atoms with van der Waals surface area (Å²) in [5.41, 5.74) is 6.17. The Kier molecular flexibility index (Phi) is 3.59. The van der Waals surface area contributed by atoms with Crippen LogP contribution in [0.5, 0.6) is 0 Å². The topological polar surface area (TPSA) is 64.9 Å². The average molecular weight is 223 g/mol. The number of hydrogen-bond acceptors (Lipinski definition) is 4. The van der Waals surface area contributed by atoms with Gasteiger partial charge >= 0.3 is 0 Å². The zero-order valence-corrected chi connectivity index (χ0v) is 10.1. The summed E-state index contributed by atoms with van der Waals surface area (Å²) in [5, 5.41) is 3.95. The van der Waals surface area contributed by atoms with E-state index in [1.807, 2.05) is 0 Å². The molecule has 0 amide bonds. The molecule has 1 fully saturated rings. The molecule has 1 aromatic heterocycles. The van der Waals surface area contributed by atoms with Gasteiger partial charge in [0.2, 0.25) is 5.89 Å². The van der Waals surface area contributed by atoms with Crippen LogP contribution in [0.2, 0.25) is 0 Å². The lowest BCUT2D eigenvalue weighted by atomic mass is 9.96. The normalized spacial score (nSPS) is 19.5. The van der Waals surface area contributed by atoms with E-state index in [1.54, 1.807) is 0 Å². The molecule has 1 saturated carbocycles. The summed E-state index contributed by atoms with van der Waals surface area (Å²) in [6.07, 6.45) is 5.88. The van der Waals surface area contributed by atoms with Crippen molar-refractivity contribution in [2.75, 3.05) is 0 Å². The van der Waals surface area contributed by atoms with E-state index in [0.717, 1.165) is 12.2 Å². The summed E-state index contributed by atoms with van der Waals surface area (Å²) >= 11 is 0. The first-order valence-electron chi connectivity index (χ1n) is 6.25. The van der Waals surface area contributed by atoms with Crippen molar-refractivity contribution in [3.63, 3.8) is 0 Å². The fourth-order valence-corrected chi connectivity index (χ4v) is 2.34. The van der Waals surface area contributed by atoms with Gasteiger partial charge in [0.1, 0.15) is 0 Å². The molecule has 1 atom stereocenters. The standard InChI is InChI=1S/C12H21N3O/c1-8(2)12-14-11(16-15-12)7-10(13)9-5-3-4-6-9/h8-10H,3-7,13H2,1-2H3. The Morgan fingerprint density at radius 3 is 2.62 bits per heavy atom. The number of aromatic nitrogens is 2. The third-order valence-electron chi connectivity index (χ3n) is 3.42. The number of hydrogen-bond donors (Lipinski definition) is 1. The van der Waals surface area contributed by atoms with Crippen LogP contribution < -0.4 is 5.73 Å². The first-order chi connectivity index (χ1) is 7.66. The largest absolute Gasteiger partial charge is 0.339 e. The van der Waals surface area contributed by atoms with Crippen LogP contribution in [0.4, 0.5) is 0 Å². The van der Waals surface area contributed by atoms with Gasteiger partial charge in [-0.15, -0.1) is 0 Å². The first-order valence-corrected chi connectivity index (χ1v) is 6.25. The van der Waals surface area contributed by atoms with Crippen molar-refractivity contribution in [2.24, 2.45) is 11.7 Å². The van der Waals surface area contributed by atoms with E-state index in [9.17, 15) is 0 Å². The Balaban J connectivity index is 1.92. The molecule has 4 nitrogen and oxygen atoms in total. The predicted octanol–water partition coefficient (Wildman–Crippen LogP) is 2.25. The predicted molar refractivity (Wildman–Crippen MR) is 62.0 cm³/mol. The lowest BCUT2D eigenvalue weighted by Gasteiger charge is -2.16.